The molecule has 1 fully saturated rings. The third kappa shape index (κ3) is 9.94. The number of hydrogen-bond donors (Lipinski definition) is 5. The van der Waals surface area contributed by atoms with Crippen LogP contribution in [-0.2, 0) is 48.6 Å². The Morgan fingerprint density at radius 1 is 0.815 bits per heavy atom. The van der Waals surface area contributed by atoms with E-state index in [2.05, 4.69) is 25.7 Å². The van der Waals surface area contributed by atoms with Gasteiger partial charge in [-0.15, -0.1) is 0 Å². The minimum absolute atomic E-state index is 0.0201. The molecule has 1 unspecified atom stereocenters. The molecule has 1 atom stereocenters. The molecule has 5 aromatic rings. The van der Waals surface area contributed by atoms with Crippen molar-refractivity contribution in [1.82, 2.24) is 20.5 Å². The second-order valence-electron chi connectivity index (χ2n) is 16.4. The van der Waals surface area contributed by atoms with Crippen LogP contribution in [0.1, 0.15) is 88.8 Å². The number of ketones is 1. The normalized spacial score (nSPS) is 15.8. The summed E-state index contributed by atoms with van der Waals surface area (Å²) in [5.41, 5.74) is 11.9. The van der Waals surface area contributed by atoms with E-state index < -0.39 is 27.8 Å². The van der Waals surface area contributed by atoms with E-state index in [4.69, 9.17) is 5.73 Å². The number of carbonyl (C=O) groups excluding carboxylic acids is 6. The maximum atomic E-state index is 15.6. The predicted molar refractivity (Wildman–Crippen MR) is 240 cm³/mol. The van der Waals surface area contributed by atoms with Crippen LogP contribution in [0.3, 0.4) is 0 Å². The molecule has 0 radical (unpaired) electrons. The van der Waals surface area contributed by atoms with Crippen LogP contribution < -0.4 is 26.4 Å². The Bertz CT molecular complexity index is 2890. The summed E-state index contributed by atoms with van der Waals surface area (Å²) in [5, 5.41) is 7.89. The van der Waals surface area contributed by atoms with Crippen LogP contribution in [0.5, 0.6) is 0 Å². The Labute approximate surface area is 374 Å². The van der Waals surface area contributed by atoms with E-state index >= 15 is 4.39 Å². The van der Waals surface area contributed by atoms with Gasteiger partial charge in [-0.3, -0.25) is 38.8 Å². The van der Waals surface area contributed by atoms with Crippen LogP contribution in [-0.4, -0.2) is 66.2 Å². The van der Waals surface area contributed by atoms with Crippen molar-refractivity contribution < 1.29 is 41.6 Å². The molecule has 17 heteroatoms. The highest BCUT2D eigenvalue weighted by molar-refractivity contribution is 7.92. The number of halogens is 1. The van der Waals surface area contributed by atoms with Crippen molar-refractivity contribution >= 4 is 62.5 Å². The number of anilines is 3. The van der Waals surface area contributed by atoms with E-state index in [-0.39, 0.29) is 83.6 Å². The van der Waals surface area contributed by atoms with Crippen LogP contribution in [0.4, 0.5) is 21.6 Å². The molecule has 1 aromatic heterocycles. The number of carbonyl (C=O) groups is 6. The van der Waals surface area contributed by atoms with Gasteiger partial charge in [0.1, 0.15) is 23.5 Å². The monoisotopic (exact) mass is 899 g/mol. The molecule has 3 aliphatic rings. The fourth-order valence-corrected chi connectivity index (χ4v) is 9.58. The van der Waals surface area contributed by atoms with Crippen LogP contribution >= 0.6 is 0 Å². The van der Waals surface area contributed by atoms with Crippen molar-refractivity contribution in [3.8, 4) is 22.3 Å². The molecule has 3 aliphatic heterocycles. The number of unbranched alkanes of at least 4 members (excludes halogenated alkanes) is 3. The van der Waals surface area contributed by atoms with Crippen molar-refractivity contribution in [1.29, 1.82) is 0 Å². The number of aromatic nitrogens is 1. The highest BCUT2D eigenvalue weighted by Gasteiger charge is 2.40. The quantitative estimate of drug-likeness (QED) is 0.0567. The second kappa shape index (κ2) is 18.8. The molecule has 0 bridgehead atoms. The number of pyridine rings is 1. The van der Waals surface area contributed by atoms with E-state index in [1.165, 1.54) is 35.4 Å². The van der Waals surface area contributed by atoms with Gasteiger partial charge < -0.3 is 21.3 Å². The summed E-state index contributed by atoms with van der Waals surface area (Å²) in [6.45, 7) is 0.722. The van der Waals surface area contributed by atoms with Gasteiger partial charge in [0.05, 0.1) is 10.6 Å². The van der Waals surface area contributed by atoms with Crippen molar-refractivity contribution in [3.05, 3.63) is 125 Å². The highest BCUT2D eigenvalue weighted by atomic mass is 32.2. The van der Waals surface area contributed by atoms with Gasteiger partial charge in [-0.25, -0.2) is 17.8 Å². The average Bonchev–Trinajstić information content (AvgIpc) is 3.61. The largest absolute Gasteiger partial charge is 0.383 e. The third-order valence-corrected chi connectivity index (χ3v) is 13.3. The Balaban J connectivity index is 0.792. The molecule has 65 heavy (non-hydrogen) atoms. The van der Waals surface area contributed by atoms with E-state index in [0.29, 0.717) is 72.2 Å². The lowest BCUT2D eigenvalue weighted by Crippen LogP contribution is -2.52. The Morgan fingerprint density at radius 2 is 1.58 bits per heavy atom. The molecule has 5 amide bonds. The number of nitrogens with two attached hydrogens (primary N) is 1. The molecule has 15 nitrogen and oxygen atoms in total. The number of hydrogen-bond acceptors (Lipinski definition) is 10. The number of nitrogens with one attached hydrogen (secondary N) is 4. The summed E-state index contributed by atoms with van der Waals surface area (Å²) >= 11 is 0. The molecule has 0 saturated carbocycles. The summed E-state index contributed by atoms with van der Waals surface area (Å²) < 4.78 is 44.9. The van der Waals surface area contributed by atoms with Crippen LogP contribution in [0.2, 0.25) is 0 Å². The first kappa shape index (κ1) is 44.3. The van der Waals surface area contributed by atoms with Gasteiger partial charge in [-0.2, -0.15) is 0 Å². The second-order valence-corrected chi connectivity index (χ2v) is 18.1. The fourth-order valence-electron chi connectivity index (χ4n) is 8.52. The molecular formula is C48H46FN7O8S. The van der Waals surface area contributed by atoms with E-state index in [1.54, 1.807) is 42.5 Å². The lowest BCUT2D eigenvalue weighted by Gasteiger charge is -2.29. The van der Waals surface area contributed by atoms with E-state index in [1.807, 2.05) is 12.1 Å². The first-order valence-corrected chi connectivity index (χ1v) is 22.9. The Morgan fingerprint density at radius 3 is 2.38 bits per heavy atom. The smallest absolute Gasteiger partial charge is 0.261 e. The highest BCUT2D eigenvalue weighted by Crippen LogP contribution is 2.34. The molecule has 1 saturated heterocycles. The zero-order valence-electron chi connectivity index (χ0n) is 35.2. The number of rotatable bonds is 16. The van der Waals surface area contributed by atoms with Gasteiger partial charge in [0.2, 0.25) is 17.7 Å². The maximum absolute atomic E-state index is 15.6. The lowest BCUT2D eigenvalue weighted by molar-refractivity contribution is -0.137. The standard InChI is InChI=1S/C48H46FN7O8S/c49-41-25-35(14-16-36(41)31-23-39(45(50)52-26-31)29-13-15-37-30(21-29)19-20-51-46(37)60)65(63,64)55-33-9-6-8-32(24-33)53-43(58)12-4-2-1-3-10-34(57)22-28-7-5-11-38-40(28)27-56(48(38)62)42-17-18-44(59)54-47(42)61/h5-9,11,13-16,21,23-26,42,55H,1-4,10,12,17-20,22,27H2,(H2,50,52)(H,51,60)(H,53,58)(H,54,59,61). The van der Waals surface area contributed by atoms with E-state index in [0.717, 1.165) is 29.2 Å². The summed E-state index contributed by atoms with van der Waals surface area (Å²) in [6, 6.07) is 21.3. The zero-order valence-corrected chi connectivity index (χ0v) is 36.1. The first-order valence-electron chi connectivity index (χ1n) is 21.4. The maximum Gasteiger partial charge on any atom is 0.261 e. The number of benzene rings is 4. The third-order valence-electron chi connectivity index (χ3n) is 11.9. The molecule has 4 heterocycles. The molecule has 4 aromatic carbocycles. The molecular weight excluding hydrogens is 854 g/mol. The Hall–Kier alpha value is -7.27. The number of fused-ring (bicyclic) bond motifs is 2. The molecule has 8 rings (SSSR count). The van der Waals surface area contributed by atoms with Crippen molar-refractivity contribution in [2.75, 3.05) is 22.3 Å². The van der Waals surface area contributed by atoms with Gasteiger partial charge in [0.25, 0.3) is 21.8 Å². The summed E-state index contributed by atoms with van der Waals surface area (Å²) in [5.74, 6) is -2.10. The van der Waals surface area contributed by atoms with Crippen molar-refractivity contribution in [2.24, 2.45) is 0 Å². The number of nitrogen functional groups attached to an aromatic ring is 1. The molecule has 0 spiro atoms. The minimum atomic E-state index is -4.25. The Kier molecular flexibility index (Phi) is 12.8. The summed E-state index contributed by atoms with van der Waals surface area (Å²) in [7, 11) is -4.25. The molecule has 0 aliphatic carbocycles. The van der Waals surface area contributed by atoms with Gasteiger partial charge in [-0.1, -0.05) is 49.2 Å². The zero-order chi connectivity index (χ0) is 45.8. The van der Waals surface area contributed by atoms with Crippen molar-refractivity contribution in [3.63, 3.8) is 0 Å². The topological polar surface area (TPSA) is 227 Å². The van der Waals surface area contributed by atoms with Crippen LogP contribution in [0.15, 0.2) is 96.0 Å². The predicted octanol–water partition coefficient (Wildman–Crippen LogP) is 6.08. The van der Waals surface area contributed by atoms with Gasteiger partial charge in [0, 0.05) is 78.5 Å². The van der Waals surface area contributed by atoms with E-state index in [9.17, 15) is 37.2 Å². The fraction of sp³-hybridized carbons (Fsp3) is 0.271. The number of Topliss-reactive ketones (excluding diaryl/α,β-unsaturated/α-hetero) is 1. The lowest BCUT2D eigenvalue weighted by atomic mass is 9.94. The van der Waals surface area contributed by atoms with Crippen molar-refractivity contribution in [2.45, 2.75) is 81.7 Å². The van der Waals surface area contributed by atoms with Gasteiger partial charge in [-0.05, 0) is 96.5 Å². The van der Waals surface area contributed by atoms with Gasteiger partial charge in [0.15, 0.2) is 0 Å². The SMILES string of the molecule is Nc1ncc(-c2ccc(S(=O)(=O)Nc3cccc(NC(=O)CCCCCCC(=O)Cc4cccc5c4CN(C4CCC(=O)NC4=O)C5=O)c3)cc2F)cc1-c1ccc2c(c1)CCNC2=O. The van der Waals surface area contributed by atoms with Gasteiger partial charge >= 0.3 is 0 Å². The van der Waals surface area contributed by atoms with Crippen LogP contribution in [0, 0.1) is 5.82 Å². The number of sulfonamides is 1. The number of nitrogens with zero attached hydrogens (tertiary/aromatic N) is 2. The van der Waals surface area contributed by atoms with Crippen LogP contribution in [0.25, 0.3) is 22.3 Å². The summed E-state index contributed by atoms with van der Waals surface area (Å²) in [6.07, 6.45) is 5.81. The molecule has 6 N–H and O–H groups in total. The molecule has 334 valence electrons. The first-order chi connectivity index (χ1) is 31.2. The summed E-state index contributed by atoms with van der Waals surface area (Å²) in [4.78, 5) is 80.5. The minimum Gasteiger partial charge on any atom is -0.383 e. The number of piperidine rings is 1. The number of imide groups is 1. The number of amides is 5. The average molecular weight is 900 g/mol.